The van der Waals surface area contributed by atoms with Gasteiger partial charge in [0.15, 0.2) is 11.5 Å². The van der Waals surface area contributed by atoms with Crippen LogP contribution in [0, 0.1) is 0 Å². The average Bonchev–Trinajstić information content (AvgIpc) is 3.46. The lowest BCUT2D eigenvalue weighted by Crippen LogP contribution is -2.45. The molecule has 4 aromatic rings. The molecular weight excluding hydrogens is 496 g/mol. The number of aromatic nitrogens is 2. The molecule has 38 heavy (non-hydrogen) atoms. The minimum Gasteiger partial charge on any atom is -0.493 e. The smallest absolute Gasteiger partial charge is 0.335 e. The predicted octanol–water partition coefficient (Wildman–Crippen LogP) is 2.89. The number of hydrogen-bond donors (Lipinski definition) is 3. The number of methoxy groups -OCH3 is 3. The Balaban J connectivity index is 1.42. The Morgan fingerprint density at radius 1 is 0.868 bits per heavy atom. The fraction of sp³-hybridized carbons (Fsp3) is 0.115. The number of amides is 3. The number of imidazole rings is 1. The van der Waals surface area contributed by atoms with E-state index >= 15 is 0 Å². The highest BCUT2D eigenvalue weighted by molar-refractivity contribution is 6.22. The van der Waals surface area contributed by atoms with E-state index in [9.17, 15) is 19.2 Å². The number of hydrazine groups is 1. The zero-order valence-electron chi connectivity index (χ0n) is 20.3. The number of nitrogens with zero attached hydrogens (tertiary/aromatic N) is 2. The zero-order chi connectivity index (χ0) is 27.1. The van der Waals surface area contributed by atoms with Gasteiger partial charge in [0.1, 0.15) is 5.82 Å². The number of aromatic carboxylic acids is 1. The first-order valence-electron chi connectivity index (χ1n) is 11.1. The van der Waals surface area contributed by atoms with E-state index in [-0.39, 0.29) is 22.3 Å². The van der Waals surface area contributed by atoms with Crippen molar-refractivity contribution in [2.45, 2.75) is 0 Å². The van der Waals surface area contributed by atoms with E-state index in [1.807, 2.05) is 0 Å². The summed E-state index contributed by atoms with van der Waals surface area (Å²) in [6.45, 7) is 0. The van der Waals surface area contributed by atoms with Gasteiger partial charge >= 0.3 is 5.97 Å². The van der Waals surface area contributed by atoms with Gasteiger partial charge in [-0.05, 0) is 48.5 Å². The van der Waals surface area contributed by atoms with Gasteiger partial charge in [-0.15, -0.1) is 0 Å². The molecule has 0 saturated heterocycles. The summed E-state index contributed by atoms with van der Waals surface area (Å²) in [5.74, 6) is -1.75. The lowest BCUT2D eigenvalue weighted by molar-refractivity contribution is 0.0518. The molecule has 3 aromatic carbocycles. The van der Waals surface area contributed by atoms with E-state index in [0.717, 1.165) is 6.07 Å². The third-order valence-electron chi connectivity index (χ3n) is 6.03. The minimum atomic E-state index is -1.24. The Morgan fingerprint density at radius 2 is 1.53 bits per heavy atom. The first-order chi connectivity index (χ1) is 18.2. The van der Waals surface area contributed by atoms with Gasteiger partial charge in [0.05, 0.1) is 49.1 Å². The molecule has 192 valence electrons. The van der Waals surface area contributed by atoms with E-state index in [2.05, 4.69) is 15.4 Å². The van der Waals surface area contributed by atoms with Gasteiger partial charge in [-0.25, -0.2) is 9.78 Å². The molecule has 12 nitrogen and oxygen atoms in total. The number of carboxylic acid groups (broad SMARTS) is 1. The molecule has 3 N–H and O–H groups in total. The van der Waals surface area contributed by atoms with Crippen LogP contribution in [0.1, 0.15) is 41.4 Å². The normalized spacial score (nSPS) is 12.4. The molecule has 5 rings (SSSR count). The van der Waals surface area contributed by atoms with Crippen molar-refractivity contribution in [3.05, 3.63) is 70.8 Å². The van der Waals surface area contributed by atoms with Gasteiger partial charge in [-0.3, -0.25) is 19.8 Å². The molecule has 1 aromatic heterocycles. The molecule has 1 aliphatic heterocycles. The maximum atomic E-state index is 12.9. The maximum absolute atomic E-state index is 12.9. The molecule has 0 saturated carbocycles. The van der Waals surface area contributed by atoms with Crippen LogP contribution in [0.3, 0.4) is 0 Å². The molecular formula is C26H20N4O8. The fourth-order valence-electron chi connectivity index (χ4n) is 4.15. The number of carbonyl (C=O) groups is 4. The molecule has 3 amide bonds. The van der Waals surface area contributed by atoms with Crippen molar-refractivity contribution in [1.82, 2.24) is 20.4 Å². The van der Waals surface area contributed by atoms with Crippen molar-refractivity contribution in [3.8, 4) is 28.6 Å². The fourth-order valence-corrected chi connectivity index (χ4v) is 4.15. The first-order valence-corrected chi connectivity index (χ1v) is 11.1. The van der Waals surface area contributed by atoms with E-state index in [0.29, 0.717) is 44.7 Å². The molecule has 2 heterocycles. The largest absolute Gasteiger partial charge is 0.493 e. The van der Waals surface area contributed by atoms with Crippen molar-refractivity contribution in [1.29, 1.82) is 0 Å². The number of hydrogen-bond acceptors (Lipinski definition) is 8. The van der Waals surface area contributed by atoms with Crippen molar-refractivity contribution in [2.75, 3.05) is 21.3 Å². The van der Waals surface area contributed by atoms with Crippen LogP contribution in [-0.2, 0) is 0 Å². The summed E-state index contributed by atoms with van der Waals surface area (Å²) >= 11 is 0. The standard InChI is InChI=1S/C26H20N4O8/c1-36-19-10-14(11-20(37-2)21(19)38-3)22-27-17-7-5-12(9-18(17)28-22)23(31)29-30-24(32)15-6-4-13(26(34)35)8-16(15)25(30)33/h4-11H,1-3H3,(H,27,28)(H,29,31)(H,34,35). The van der Waals surface area contributed by atoms with Crippen LogP contribution >= 0.6 is 0 Å². The van der Waals surface area contributed by atoms with Crippen LogP contribution in [0.5, 0.6) is 17.2 Å². The van der Waals surface area contributed by atoms with Crippen LogP contribution < -0.4 is 19.6 Å². The number of rotatable bonds is 7. The molecule has 0 atom stereocenters. The topological polar surface area (TPSA) is 160 Å². The lowest BCUT2D eigenvalue weighted by Gasteiger charge is -2.14. The van der Waals surface area contributed by atoms with Gasteiger partial charge in [0.2, 0.25) is 5.75 Å². The Labute approximate surface area is 214 Å². The highest BCUT2D eigenvalue weighted by Gasteiger charge is 2.37. The molecule has 0 bridgehead atoms. The van der Waals surface area contributed by atoms with Crippen molar-refractivity contribution in [3.63, 3.8) is 0 Å². The number of carbonyl (C=O) groups excluding carboxylic acids is 3. The van der Waals surface area contributed by atoms with Crippen LogP contribution in [0.4, 0.5) is 0 Å². The highest BCUT2D eigenvalue weighted by Crippen LogP contribution is 2.41. The Morgan fingerprint density at radius 3 is 2.16 bits per heavy atom. The second-order valence-corrected chi connectivity index (χ2v) is 8.18. The molecule has 0 spiro atoms. The number of fused-ring (bicyclic) bond motifs is 2. The molecule has 0 fully saturated rings. The summed E-state index contributed by atoms with van der Waals surface area (Å²) in [5.41, 5.74) is 3.94. The quantitative estimate of drug-likeness (QED) is 0.314. The van der Waals surface area contributed by atoms with E-state index in [4.69, 9.17) is 19.3 Å². The number of nitrogens with one attached hydrogen (secondary N) is 2. The Kier molecular flexibility index (Phi) is 5.91. The molecule has 12 heteroatoms. The summed E-state index contributed by atoms with van der Waals surface area (Å²) < 4.78 is 16.2. The van der Waals surface area contributed by atoms with E-state index in [1.54, 1.807) is 18.2 Å². The molecule has 0 radical (unpaired) electrons. The Hall–Kier alpha value is -5.39. The van der Waals surface area contributed by atoms with E-state index < -0.39 is 23.7 Å². The Bertz CT molecular complexity index is 1630. The van der Waals surface area contributed by atoms with Crippen molar-refractivity contribution >= 4 is 34.7 Å². The second-order valence-electron chi connectivity index (χ2n) is 8.18. The maximum Gasteiger partial charge on any atom is 0.335 e. The third kappa shape index (κ3) is 3.93. The van der Waals surface area contributed by atoms with Crippen LogP contribution in [-0.4, -0.2) is 65.1 Å². The van der Waals surface area contributed by atoms with Gasteiger partial charge in [0.25, 0.3) is 17.7 Å². The number of benzene rings is 3. The van der Waals surface area contributed by atoms with Gasteiger partial charge in [-0.2, -0.15) is 5.01 Å². The summed E-state index contributed by atoms with van der Waals surface area (Å²) in [7, 11) is 4.51. The molecule has 0 unspecified atom stereocenters. The number of ether oxygens (including phenoxy) is 3. The first kappa shape index (κ1) is 24.3. The summed E-state index contributed by atoms with van der Waals surface area (Å²) in [4.78, 5) is 57.3. The third-order valence-corrected chi connectivity index (χ3v) is 6.03. The van der Waals surface area contributed by atoms with Gasteiger partial charge in [-0.1, -0.05) is 0 Å². The van der Waals surface area contributed by atoms with Gasteiger partial charge < -0.3 is 24.3 Å². The lowest BCUT2D eigenvalue weighted by atomic mass is 10.1. The highest BCUT2D eigenvalue weighted by atomic mass is 16.5. The number of imide groups is 1. The van der Waals surface area contributed by atoms with Crippen molar-refractivity contribution < 1.29 is 38.5 Å². The van der Waals surface area contributed by atoms with E-state index in [1.165, 1.54) is 45.6 Å². The number of H-pyrrole nitrogens is 1. The molecule has 0 aliphatic carbocycles. The van der Waals surface area contributed by atoms with Crippen molar-refractivity contribution in [2.24, 2.45) is 0 Å². The van der Waals surface area contributed by atoms with Gasteiger partial charge in [0, 0.05) is 11.1 Å². The van der Waals surface area contributed by atoms with Crippen LogP contribution in [0.15, 0.2) is 48.5 Å². The summed E-state index contributed by atoms with van der Waals surface area (Å²) in [6, 6.07) is 11.7. The monoisotopic (exact) mass is 516 g/mol. The SMILES string of the molecule is COc1cc(-c2nc3ccc(C(=O)NN4C(=O)c5ccc(C(=O)O)cc5C4=O)cc3[nH]2)cc(OC)c1OC. The minimum absolute atomic E-state index is 0.000639. The molecule has 1 aliphatic rings. The zero-order valence-corrected chi connectivity index (χ0v) is 20.3. The van der Waals surface area contributed by atoms with Crippen LogP contribution in [0.25, 0.3) is 22.4 Å². The number of carboxylic acids is 1. The average molecular weight is 516 g/mol. The van der Waals surface area contributed by atoms with Crippen LogP contribution in [0.2, 0.25) is 0 Å². The summed E-state index contributed by atoms with van der Waals surface area (Å²) in [5, 5.41) is 9.73. The predicted molar refractivity (Wildman–Crippen MR) is 133 cm³/mol. The number of aromatic amines is 1. The summed E-state index contributed by atoms with van der Waals surface area (Å²) in [6.07, 6.45) is 0. The second kappa shape index (κ2) is 9.24.